The molecule has 0 radical (unpaired) electrons. The number of hydrogen-bond acceptors (Lipinski definition) is 4. The molecule has 3 rings (SSSR count). The van der Waals surface area contributed by atoms with Gasteiger partial charge in [-0.05, 0) is 23.6 Å². The SMILES string of the molecule is CC(NC(=O)CC(O)c1ccccc1)c1ccc(-c2cncnc2)cc1. The van der Waals surface area contributed by atoms with Crippen LogP contribution >= 0.6 is 0 Å². The molecule has 0 spiro atoms. The smallest absolute Gasteiger partial charge is 0.223 e. The summed E-state index contributed by atoms with van der Waals surface area (Å²) < 4.78 is 0. The average molecular weight is 347 g/mol. The van der Waals surface area contributed by atoms with Gasteiger partial charge in [0, 0.05) is 18.0 Å². The molecule has 0 aliphatic carbocycles. The van der Waals surface area contributed by atoms with Gasteiger partial charge >= 0.3 is 0 Å². The summed E-state index contributed by atoms with van der Waals surface area (Å²) in [6.45, 7) is 1.92. The molecule has 5 nitrogen and oxygen atoms in total. The van der Waals surface area contributed by atoms with Crippen molar-refractivity contribution < 1.29 is 9.90 Å². The standard InChI is InChI=1S/C21H21N3O2/c1-15(24-21(26)11-20(25)18-5-3-2-4-6-18)16-7-9-17(10-8-16)19-12-22-14-23-13-19/h2-10,12-15,20,25H,11H2,1H3,(H,24,26). The van der Waals surface area contributed by atoms with Crippen molar-refractivity contribution in [2.24, 2.45) is 0 Å². The van der Waals surface area contributed by atoms with Crippen LogP contribution in [-0.4, -0.2) is 21.0 Å². The quantitative estimate of drug-likeness (QED) is 0.716. The molecule has 1 amide bonds. The Labute approximate surface area is 152 Å². The first-order valence-electron chi connectivity index (χ1n) is 8.51. The molecular formula is C21H21N3O2. The predicted molar refractivity (Wildman–Crippen MR) is 100 cm³/mol. The third-order valence-corrected chi connectivity index (χ3v) is 4.25. The van der Waals surface area contributed by atoms with Crippen molar-refractivity contribution in [1.29, 1.82) is 0 Å². The lowest BCUT2D eigenvalue weighted by molar-refractivity contribution is -0.123. The van der Waals surface area contributed by atoms with Crippen LogP contribution in [0.3, 0.4) is 0 Å². The van der Waals surface area contributed by atoms with Crippen molar-refractivity contribution in [1.82, 2.24) is 15.3 Å². The van der Waals surface area contributed by atoms with E-state index in [9.17, 15) is 9.90 Å². The van der Waals surface area contributed by atoms with Crippen molar-refractivity contribution >= 4 is 5.91 Å². The Bertz CT molecular complexity index is 836. The fraction of sp³-hybridized carbons (Fsp3) is 0.190. The van der Waals surface area contributed by atoms with E-state index in [1.807, 2.05) is 61.5 Å². The van der Waals surface area contributed by atoms with E-state index in [-0.39, 0.29) is 18.4 Å². The Morgan fingerprint density at radius 3 is 2.27 bits per heavy atom. The lowest BCUT2D eigenvalue weighted by Gasteiger charge is -2.17. The van der Waals surface area contributed by atoms with Gasteiger partial charge in [-0.3, -0.25) is 4.79 Å². The van der Waals surface area contributed by atoms with Gasteiger partial charge in [0.2, 0.25) is 5.91 Å². The van der Waals surface area contributed by atoms with Crippen molar-refractivity contribution in [3.05, 3.63) is 84.4 Å². The summed E-state index contributed by atoms with van der Waals surface area (Å²) in [5.74, 6) is -0.186. The molecule has 132 valence electrons. The lowest BCUT2D eigenvalue weighted by Crippen LogP contribution is -2.27. The molecule has 1 heterocycles. The van der Waals surface area contributed by atoms with Gasteiger partial charge in [-0.25, -0.2) is 9.97 Å². The maximum absolute atomic E-state index is 12.2. The zero-order valence-electron chi connectivity index (χ0n) is 14.5. The summed E-state index contributed by atoms with van der Waals surface area (Å²) in [7, 11) is 0. The number of amides is 1. The van der Waals surface area contributed by atoms with E-state index in [0.717, 1.165) is 22.3 Å². The Balaban J connectivity index is 1.59. The Morgan fingerprint density at radius 1 is 0.962 bits per heavy atom. The van der Waals surface area contributed by atoms with E-state index in [2.05, 4.69) is 15.3 Å². The molecule has 0 aliphatic heterocycles. The summed E-state index contributed by atoms with van der Waals surface area (Å²) >= 11 is 0. The van der Waals surface area contributed by atoms with Crippen LogP contribution in [0.15, 0.2) is 73.3 Å². The second kappa shape index (κ2) is 8.36. The highest BCUT2D eigenvalue weighted by atomic mass is 16.3. The Morgan fingerprint density at radius 2 is 1.62 bits per heavy atom. The van der Waals surface area contributed by atoms with Gasteiger partial charge < -0.3 is 10.4 Å². The summed E-state index contributed by atoms with van der Waals surface area (Å²) in [5.41, 5.74) is 3.70. The van der Waals surface area contributed by atoms with Crippen molar-refractivity contribution in [2.45, 2.75) is 25.5 Å². The van der Waals surface area contributed by atoms with E-state index in [1.165, 1.54) is 6.33 Å². The molecule has 0 fully saturated rings. The second-order valence-corrected chi connectivity index (χ2v) is 6.17. The highest BCUT2D eigenvalue weighted by Gasteiger charge is 2.15. The maximum Gasteiger partial charge on any atom is 0.223 e. The molecule has 0 bridgehead atoms. The van der Waals surface area contributed by atoms with Crippen molar-refractivity contribution in [3.63, 3.8) is 0 Å². The molecule has 5 heteroatoms. The van der Waals surface area contributed by atoms with Gasteiger partial charge in [-0.1, -0.05) is 54.6 Å². The molecule has 2 atom stereocenters. The van der Waals surface area contributed by atoms with Crippen LogP contribution in [0.1, 0.15) is 36.6 Å². The third kappa shape index (κ3) is 4.52. The van der Waals surface area contributed by atoms with Gasteiger partial charge in [0.15, 0.2) is 0 Å². The Hall–Kier alpha value is -3.05. The third-order valence-electron chi connectivity index (χ3n) is 4.25. The predicted octanol–water partition coefficient (Wildman–Crippen LogP) is 3.44. The van der Waals surface area contributed by atoms with Gasteiger partial charge in [0.25, 0.3) is 0 Å². The monoisotopic (exact) mass is 347 g/mol. The van der Waals surface area contributed by atoms with E-state index in [4.69, 9.17) is 0 Å². The summed E-state index contributed by atoms with van der Waals surface area (Å²) in [5, 5.41) is 13.1. The minimum Gasteiger partial charge on any atom is -0.388 e. The number of carbonyl (C=O) groups excluding carboxylic acids is 1. The van der Waals surface area contributed by atoms with E-state index >= 15 is 0 Å². The van der Waals surface area contributed by atoms with Gasteiger partial charge in [-0.15, -0.1) is 0 Å². The average Bonchev–Trinajstić information content (AvgIpc) is 2.69. The molecule has 2 aromatic carbocycles. The number of aliphatic hydroxyl groups excluding tert-OH is 1. The van der Waals surface area contributed by atoms with Crippen LogP contribution < -0.4 is 5.32 Å². The van der Waals surface area contributed by atoms with Crippen LogP contribution in [0.2, 0.25) is 0 Å². The Kier molecular flexibility index (Phi) is 5.71. The summed E-state index contributed by atoms with van der Waals surface area (Å²) in [6.07, 6.45) is 4.26. The highest BCUT2D eigenvalue weighted by Crippen LogP contribution is 2.21. The number of rotatable bonds is 6. The molecule has 1 aromatic heterocycles. The number of carbonyl (C=O) groups is 1. The molecule has 2 unspecified atom stereocenters. The molecule has 0 saturated carbocycles. The summed E-state index contributed by atoms with van der Waals surface area (Å²) in [6, 6.07) is 17.0. The first-order chi connectivity index (χ1) is 12.6. The minimum absolute atomic E-state index is 0.0355. The first-order valence-corrected chi connectivity index (χ1v) is 8.51. The van der Waals surface area contributed by atoms with Crippen LogP contribution in [0, 0.1) is 0 Å². The number of nitrogens with zero attached hydrogens (tertiary/aromatic N) is 2. The summed E-state index contributed by atoms with van der Waals surface area (Å²) in [4.78, 5) is 20.2. The van der Waals surface area contributed by atoms with Crippen LogP contribution in [0.5, 0.6) is 0 Å². The molecule has 2 N–H and O–H groups in total. The maximum atomic E-state index is 12.2. The van der Waals surface area contributed by atoms with Crippen molar-refractivity contribution in [2.75, 3.05) is 0 Å². The largest absolute Gasteiger partial charge is 0.388 e. The fourth-order valence-corrected chi connectivity index (χ4v) is 2.76. The van der Waals surface area contributed by atoms with Gasteiger partial charge in [0.05, 0.1) is 18.6 Å². The van der Waals surface area contributed by atoms with Crippen molar-refractivity contribution in [3.8, 4) is 11.1 Å². The fourth-order valence-electron chi connectivity index (χ4n) is 2.76. The lowest BCUT2D eigenvalue weighted by atomic mass is 10.0. The van der Waals surface area contributed by atoms with E-state index in [1.54, 1.807) is 12.4 Å². The molecular weight excluding hydrogens is 326 g/mol. The number of benzene rings is 2. The van der Waals surface area contributed by atoms with E-state index in [0.29, 0.717) is 0 Å². The second-order valence-electron chi connectivity index (χ2n) is 6.17. The molecule has 0 aliphatic rings. The van der Waals surface area contributed by atoms with Crippen LogP contribution in [0.25, 0.3) is 11.1 Å². The van der Waals surface area contributed by atoms with Crippen LogP contribution in [-0.2, 0) is 4.79 Å². The number of aromatic nitrogens is 2. The minimum atomic E-state index is -0.802. The molecule has 0 saturated heterocycles. The first kappa shape index (κ1) is 17.8. The van der Waals surface area contributed by atoms with Gasteiger partial charge in [-0.2, -0.15) is 0 Å². The number of nitrogens with one attached hydrogen (secondary N) is 1. The van der Waals surface area contributed by atoms with E-state index < -0.39 is 6.10 Å². The molecule has 26 heavy (non-hydrogen) atoms. The topological polar surface area (TPSA) is 75.1 Å². The zero-order chi connectivity index (χ0) is 18.4. The normalized spacial score (nSPS) is 13.0. The van der Waals surface area contributed by atoms with Gasteiger partial charge in [0.1, 0.15) is 6.33 Å². The number of aliphatic hydroxyl groups is 1. The zero-order valence-corrected chi connectivity index (χ0v) is 14.5. The molecule has 3 aromatic rings. The number of hydrogen-bond donors (Lipinski definition) is 2. The highest BCUT2D eigenvalue weighted by molar-refractivity contribution is 5.77. The van der Waals surface area contributed by atoms with Crippen LogP contribution in [0.4, 0.5) is 0 Å².